The molecular formula is C19H22N6OS. The van der Waals surface area contributed by atoms with E-state index in [0.717, 1.165) is 17.1 Å². The summed E-state index contributed by atoms with van der Waals surface area (Å²) in [5.41, 5.74) is 6.19. The molecule has 3 rings (SSSR count). The number of nitrogen functional groups attached to an aromatic ring is 1. The lowest BCUT2D eigenvalue weighted by molar-refractivity contribution is 0.340. The molecule has 2 aromatic carbocycles. The largest absolute Gasteiger partial charge is 0.494 e. The molecule has 0 radical (unpaired) electrons. The highest BCUT2D eigenvalue weighted by Gasteiger charge is 2.09. The summed E-state index contributed by atoms with van der Waals surface area (Å²) < 4.78 is 6.81. The van der Waals surface area contributed by atoms with E-state index in [-0.39, 0.29) is 0 Å². The van der Waals surface area contributed by atoms with Crippen molar-refractivity contribution >= 4 is 23.9 Å². The van der Waals surface area contributed by atoms with Crippen LogP contribution in [0, 0.1) is 6.92 Å². The van der Waals surface area contributed by atoms with Crippen molar-refractivity contribution in [3.05, 3.63) is 65.2 Å². The lowest BCUT2D eigenvalue weighted by Gasteiger charge is -2.04. The van der Waals surface area contributed by atoms with Gasteiger partial charge in [-0.3, -0.25) is 0 Å². The van der Waals surface area contributed by atoms with Crippen LogP contribution in [-0.4, -0.2) is 27.7 Å². The van der Waals surface area contributed by atoms with Crippen LogP contribution in [0.25, 0.3) is 0 Å². The van der Waals surface area contributed by atoms with Crippen LogP contribution in [0.3, 0.4) is 0 Å². The number of aryl methyl sites for hydroxylation is 1. The summed E-state index contributed by atoms with van der Waals surface area (Å²) in [5.74, 6) is 8.02. The van der Waals surface area contributed by atoms with E-state index in [9.17, 15) is 0 Å². The fraction of sp³-hybridized carbons (Fsp3) is 0.211. The van der Waals surface area contributed by atoms with E-state index in [4.69, 9.17) is 10.6 Å². The smallest absolute Gasteiger partial charge is 0.264 e. The number of ether oxygens (including phenoxy) is 1. The van der Waals surface area contributed by atoms with Gasteiger partial charge in [0.25, 0.3) is 5.95 Å². The van der Waals surface area contributed by atoms with Crippen LogP contribution in [0.4, 0.5) is 5.95 Å². The number of anilines is 1. The Morgan fingerprint density at radius 2 is 1.89 bits per heavy atom. The predicted octanol–water partition coefficient (Wildman–Crippen LogP) is 3.44. The minimum Gasteiger partial charge on any atom is -0.494 e. The summed E-state index contributed by atoms with van der Waals surface area (Å²) in [6.07, 6.45) is 1.68. The molecule has 0 saturated carbocycles. The van der Waals surface area contributed by atoms with Crippen LogP contribution in [0.5, 0.6) is 5.75 Å². The van der Waals surface area contributed by atoms with E-state index in [1.165, 1.54) is 27.6 Å². The molecule has 0 bridgehead atoms. The number of rotatable bonds is 8. The molecule has 0 atom stereocenters. The second-order valence-corrected chi connectivity index (χ2v) is 6.77. The standard InChI is InChI=1S/C19H22N6OS/c1-3-26-17-10-8-15(9-11-17)12-21-22-18-23-24-19(25(18)20)27-13-16-6-4-14(2)5-7-16/h4-12H,3,13,20H2,1-2H3,(H,22,23)/b21-12+. The summed E-state index contributed by atoms with van der Waals surface area (Å²) in [5, 5.41) is 12.9. The molecule has 3 aromatic rings. The number of hydrogen-bond acceptors (Lipinski definition) is 7. The molecule has 1 heterocycles. The van der Waals surface area contributed by atoms with Gasteiger partial charge in [-0.05, 0) is 49.2 Å². The van der Waals surface area contributed by atoms with Crippen molar-refractivity contribution in [1.82, 2.24) is 14.9 Å². The number of hydrazone groups is 1. The number of thioether (sulfide) groups is 1. The van der Waals surface area contributed by atoms with Crippen molar-refractivity contribution in [1.29, 1.82) is 0 Å². The van der Waals surface area contributed by atoms with Crippen molar-refractivity contribution < 1.29 is 4.74 Å². The third kappa shape index (κ3) is 5.24. The number of aromatic nitrogens is 3. The van der Waals surface area contributed by atoms with Gasteiger partial charge in [0.2, 0.25) is 5.16 Å². The molecule has 27 heavy (non-hydrogen) atoms. The number of hydrogen-bond donors (Lipinski definition) is 2. The third-order valence-corrected chi connectivity index (χ3v) is 4.74. The van der Waals surface area contributed by atoms with Crippen LogP contribution in [-0.2, 0) is 5.75 Å². The van der Waals surface area contributed by atoms with Gasteiger partial charge in [-0.25, -0.2) is 10.1 Å². The molecule has 140 valence electrons. The molecule has 3 N–H and O–H groups in total. The number of nitrogens with one attached hydrogen (secondary N) is 1. The predicted molar refractivity (Wildman–Crippen MR) is 110 cm³/mol. The fourth-order valence-electron chi connectivity index (χ4n) is 2.27. The van der Waals surface area contributed by atoms with Gasteiger partial charge in [0.05, 0.1) is 12.8 Å². The molecule has 0 fully saturated rings. The quantitative estimate of drug-likeness (QED) is 0.268. The monoisotopic (exact) mass is 382 g/mol. The molecular weight excluding hydrogens is 360 g/mol. The van der Waals surface area contributed by atoms with Gasteiger partial charge in [0.1, 0.15) is 5.75 Å². The first kappa shape index (κ1) is 18.8. The first-order valence-corrected chi connectivity index (χ1v) is 9.55. The minimum atomic E-state index is 0.378. The Morgan fingerprint density at radius 1 is 1.15 bits per heavy atom. The van der Waals surface area contributed by atoms with Gasteiger partial charge in [-0.15, -0.1) is 10.2 Å². The van der Waals surface area contributed by atoms with Gasteiger partial charge >= 0.3 is 0 Å². The zero-order chi connectivity index (χ0) is 19.1. The maximum atomic E-state index is 6.04. The van der Waals surface area contributed by atoms with Gasteiger partial charge in [0.15, 0.2) is 0 Å². The zero-order valence-corrected chi connectivity index (χ0v) is 16.1. The molecule has 0 unspecified atom stereocenters. The summed E-state index contributed by atoms with van der Waals surface area (Å²) in [4.78, 5) is 0. The van der Waals surface area contributed by atoms with E-state index in [2.05, 4.69) is 51.9 Å². The molecule has 1 aromatic heterocycles. The van der Waals surface area contributed by atoms with Crippen molar-refractivity contribution in [2.75, 3.05) is 17.9 Å². The van der Waals surface area contributed by atoms with E-state index in [0.29, 0.717) is 17.7 Å². The Hall–Kier alpha value is -3.00. The molecule has 7 nitrogen and oxygen atoms in total. The van der Waals surface area contributed by atoms with E-state index in [1.807, 2.05) is 31.2 Å². The summed E-state index contributed by atoms with van der Waals surface area (Å²) in [6.45, 7) is 4.67. The van der Waals surface area contributed by atoms with Crippen LogP contribution in [0.2, 0.25) is 0 Å². The molecule has 0 spiro atoms. The highest BCUT2D eigenvalue weighted by molar-refractivity contribution is 7.98. The SMILES string of the molecule is CCOc1ccc(/C=N/Nc2nnc(SCc3ccc(C)cc3)n2N)cc1. The second kappa shape index (κ2) is 9.09. The van der Waals surface area contributed by atoms with Gasteiger partial charge < -0.3 is 10.6 Å². The highest BCUT2D eigenvalue weighted by atomic mass is 32.2. The Morgan fingerprint density at radius 3 is 2.59 bits per heavy atom. The first-order valence-electron chi connectivity index (χ1n) is 8.56. The molecule has 8 heteroatoms. The highest BCUT2D eigenvalue weighted by Crippen LogP contribution is 2.21. The molecule has 0 saturated heterocycles. The number of nitrogens with two attached hydrogens (primary N) is 1. The Balaban J connectivity index is 1.55. The van der Waals surface area contributed by atoms with Crippen molar-refractivity contribution in [2.45, 2.75) is 24.8 Å². The molecule has 0 aliphatic heterocycles. The number of nitrogens with zero attached hydrogens (tertiary/aromatic N) is 4. The lowest BCUT2D eigenvalue weighted by atomic mass is 10.2. The van der Waals surface area contributed by atoms with Crippen LogP contribution in [0.1, 0.15) is 23.6 Å². The maximum Gasteiger partial charge on any atom is 0.264 e. The van der Waals surface area contributed by atoms with Crippen LogP contribution < -0.4 is 16.0 Å². The number of benzene rings is 2. The van der Waals surface area contributed by atoms with Gasteiger partial charge in [-0.1, -0.05) is 41.6 Å². The maximum absolute atomic E-state index is 6.04. The summed E-state index contributed by atoms with van der Waals surface area (Å²) >= 11 is 1.52. The normalized spacial score (nSPS) is 11.0. The van der Waals surface area contributed by atoms with Gasteiger partial charge in [0, 0.05) is 5.75 Å². The Kier molecular flexibility index (Phi) is 6.32. The van der Waals surface area contributed by atoms with Crippen molar-refractivity contribution in [3.8, 4) is 5.75 Å². The van der Waals surface area contributed by atoms with E-state index in [1.54, 1.807) is 6.21 Å². The minimum absolute atomic E-state index is 0.378. The van der Waals surface area contributed by atoms with Crippen LogP contribution >= 0.6 is 11.8 Å². The molecule has 0 amide bonds. The third-order valence-electron chi connectivity index (χ3n) is 3.72. The Bertz CT molecular complexity index is 890. The second-order valence-electron chi connectivity index (χ2n) is 5.82. The van der Waals surface area contributed by atoms with Gasteiger partial charge in [-0.2, -0.15) is 5.10 Å². The fourth-order valence-corrected chi connectivity index (χ4v) is 3.08. The summed E-state index contributed by atoms with van der Waals surface area (Å²) in [6, 6.07) is 16.0. The van der Waals surface area contributed by atoms with E-state index < -0.39 is 0 Å². The first-order chi connectivity index (χ1) is 13.2. The van der Waals surface area contributed by atoms with Crippen LogP contribution in [0.15, 0.2) is 58.8 Å². The molecule has 0 aliphatic rings. The summed E-state index contributed by atoms with van der Waals surface area (Å²) in [7, 11) is 0. The average Bonchev–Trinajstić information content (AvgIpc) is 3.03. The topological polar surface area (TPSA) is 90.3 Å². The van der Waals surface area contributed by atoms with Crippen molar-refractivity contribution in [2.24, 2.45) is 5.10 Å². The average molecular weight is 382 g/mol. The zero-order valence-electron chi connectivity index (χ0n) is 15.3. The van der Waals surface area contributed by atoms with Crippen molar-refractivity contribution in [3.63, 3.8) is 0 Å². The molecule has 0 aliphatic carbocycles. The van der Waals surface area contributed by atoms with E-state index >= 15 is 0 Å². The Labute approximate surface area is 162 Å². The lowest BCUT2D eigenvalue weighted by Crippen LogP contribution is -2.13.